The van der Waals surface area contributed by atoms with Crippen LogP contribution in [0.15, 0.2) is 29.2 Å². The first kappa shape index (κ1) is 17.6. The van der Waals surface area contributed by atoms with Gasteiger partial charge in [-0.15, -0.1) is 11.8 Å². The molecule has 2 N–H and O–H groups in total. The van der Waals surface area contributed by atoms with Crippen molar-refractivity contribution in [3.05, 3.63) is 52.6 Å². The molecule has 0 saturated carbocycles. The van der Waals surface area contributed by atoms with E-state index >= 15 is 0 Å². The average molecular weight is 337 g/mol. The van der Waals surface area contributed by atoms with Crippen LogP contribution in [0.5, 0.6) is 0 Å². The molecular weight excluding hydrogens is 317 g/mol. The maximum absolute atomic E-state index is 13.5. The average Bonchev–Trinajstić information content (AvgIpc) is 2.80. The van der Waals surface area contributed by atoms with Crippen molar-refractivity contribution in [3.8, 4) is 0 Å². The van der Waals surface area contributed by atoms with Gasteiger partial charge in [0, 0.05) is 21.9 Å². The lowest BCUT2D eigenvalue weighted by molar-refractivity contribution is 0.0523. The molecule has 0 spiro atoms. The van der Waals surface area contributed by atoms with E-state index in [2.05, 4.69) is 4.98 Å². The van der Waals surface area contributed by atoms with Gasteiger partial charge < -0.3 is 14.8 Å². The standard InChI is InChI=1S/C17H20FNO3S/c1-10-15(12(3)20)11(2)19-16(10)17(21)22-8-9-23-14-7-5-4-6-13(14)18/h4-7,12,19-20H,8-9H2,1-3H3/t12-/m0/s1. The molecule has 0 aliphatic rings. The van der Waals surface area contributed by atoms with E-state index in [4.69, 9.17) is 4.74 Å². The summed E-state index contributed by atoms with van der Waals surface area (Å²) in [6, 6.07) is 6.49. The molecule has 0 aliphatic heterocycles. The summed E-state index contributed by atoms with van der Waals surface area (Å²) in [5.41, 5.74) is 2.53. The Morgan fingerprint density at radius 2 is 2.09 bits per heavy atom. The van der Waals surface area contributed by atoms with Crippen molar-refractivity contribution in [2.24, 2.45) is 0 Å². The second-order valence-corrected chi connectivity index (χ2v) is 6.39. The predicted molar refractivity (Wildman–Crippen MR) is 88.3 cm³/mol. The van der Waals surface area contributed by atoms with Crippen LogP contribution in [0.1, 0.15) is 40.3 Å². The number of hydrogen-bond acceptors (Lipinski definition) is 4. The zero-order chi connectivity index (χ0) is 17.0. The third-order valence-corrected chi connectivity index (χ3v) is 4.54. The zero-order valence-electron chi connectivity index (χ0n) is 13.4. The first-order chi connectivity index (χ1) is 10.9. The highest BCUT2D eigenvalue weighted by molar-refractivity contribution is 7.99. The number of aryl methyl sites for hydroxylation is 1. The minimum atomic E-state index is -0.649. The summed E-state index contributed by atoms with van der Waals surface area (Å²) < 4.78 is 18.7. The van der Waals surface area contributed by atoms with Gasteiger partial charge in [0.15, 0.2) is 0 Å². The van der Waals surface area contributed by atoms with Crippen LogP contribution in [0.4, 0.5) is 4.39 Å². The second kappa shape index (κ2) is 7.66. The topological polar surface area (TPSA) is 62.3 Å². The number of aliphatic hydroxyl groups excluding tert-OH is 1. The van der Waals surface area contributed by atoms with Gasteiger partial charge in [0.2, 0.25) is 0 Å². The van der Waals surface area contributed by atoms with Gasteiger partial charge in [-0.25, -0.2) is 9.18 Å². The normalized spacial score (nSPS) is 12.2. The van der Waals surface area contributed by atoms with Crippen molar-refractivity contribution in [1.29, 1.82) is 0 Å². The second-order valence-electron chi connectivity index (χ2n) is 5.25. The van der Waals surface area contributed by atoms with Gasteiger partial charge in [-0.1, -0.05) is 12.1 Å². The Morgan fingerprint density at radius 3 is 2.70 bits per heavy atom. The number of H-pyrrole nitrogens is 1. The summed E-state index contributed by atoms with van der Waals surface area (Å²) in [6.07, 6.45) is -0.649. The van der Waals surface area contributed by atoms with E-state index in [9.17, 15) is 14.3 Å². The van der Waals surface area contributed by atoms with E-state index < -0.39 is 12.1 Å². The van der Waals surface area contributed by atoms with Crippen LogP contribution < -0.4 is 0 Å². The summed E-state index contributed by atoms with van der Waals surface area (Å²) in [4.78, 5) is 15.6. The van der Waals surface area contributed by atoms with Crippen LogP contribution in [0, 0.1) is 19.7 Å². The minimum Gasteiger partial charge on any atom is -0.460 e. The van der Waals surface area contributed by atoms with Crippen LogP contribution in [0.2, 0.25) is 0 Å². The number of thioether (sulfide) groups is 1. The van der Waals surface area contributed by atoms with Crippen LogP contribution in [-0.2, 0) is 4.74 Å². The maximum atomic E-state index is 13.5. The van der Waals surface area contributed by atoms with E-state index in [1.165, 1.54) is 17.8 Å². The van der Waals surface area contributed by atoms with Crippen molar-refractivity contribution < 1.29 is 19.0 Å². The number of benzene rings is 1. The largest absolute Gasteiger partial charge is 0.460 e. The molecular formula is C17H20FNO3S. The summed E-state index contributed by atoms with van der Waals surface area (Å²) in [7, 11) is 0. The molecule has 1 atom stereocenters. The minimum absolute atomic E-state index is 0.180. The van der Waals surface area contributed by atoms with Crippen molar-refractivity contribution in [2.45, 2.75) is 31.8 Å². The number of rotatable bonds is 6. The maximum Gasteiger partial charge on any atom is 0.355 e. The van der Waals surface area contributed by atoms with Gasteiger partial charge in [0.1, 0.15) is 18.1 Å². The van der Waals surface area contributed by atoms with Crippen LogP contribution in [0.25, 0.3) is 0 Å². The molecule has 0 amide bonds. The zero-order valence-corrected chi connectivity index (χ0v) is 14.2. The van der Waals surface area contributed by atoms with Gasteiger partial charge in [-0.05, 0) is 38.5 Å². The molecule has 0 bridgehead atoms. The number of carbonyl (C=O) groups is 1. The molecule has 0 saturated heterocycles. The van der Waals surface area contributed by atoms with Crippen LogP contribution in [0.3, 0.4) is 0 Å². The molecule has 23 heavy (non-hydrogen) atoms. The quantitative estimate of drug-likeness (QED) is 0.478. The molecule has 0 aliphatic carbocycles. The van der Waals surface area contributed by atoms with E-state index in [0.717, 1.165) is 11.3 Å². The van der Waals surface area contributed by atoms with Crippen molar-refractivity contribution in [2.75, 3.05) is 12.4 Å². The summed E-state index contributed by atoms with van der Waals surface area (Å²) >= 11 is 1.30. The Kier molecular flexibility index (Phi) is 5.85. The van der Waals surface area contributed by atoms with Gasteiger partial charge in [0.05, 0.1) is 6.10 Å². The smallest absolute Gasteiger partial charge is 0.355 e. The molecule has 0 radical (unpaired) electrons. The summed E-state index contributed by atoms with van der Waals surface area (Å²) in [6.45, 7) is 5.42. The number of esters is 1. The molecule has 0 fully saturated rings. The number of aromatic amines is 1. The lowest BCUT2D eigenvalue weighted by Crippen LogP contribution is -2.10. The molecule has 0 unspecified atom stereocenters. The van der Waals surface area contributed by atoms with E-state index in [-0.39, 0.29) is 12.4 Å². The highest BCUT2D eigenvalue weighted by Crippen LogP contribution is 2.25. The number of nitrogens with one attached hydrogen (secondary N) is 1. The van der Waals surface area contributed by atoms with Gasteiger partial charge in [0.25, 0.3) is 0 Å². The number of aromatic nitrogens is 1. The highest BCUT2D eigenvalue weighted by atomic mass is 32.2. The molecule has 1 aromatic heterocycles. The first-order valence-electron chi connectivity index (χ1n) is 7.33. The fraction of sp³-hybridized carbons (Fsp3) is 0.353. The van der Waals surface area contributed by atoms with E-state index in [0.29, 0.717) is 21.9 Å². The first-order valence-corrected chi connectivity index (χ1v) is 8.32. The SMILES string of the molecule is Cc1[nH]c(C(=O)OCCSc2ccccc2F)c(C)c1[C@H](C)O. The van der Waals surface area contributed by atoms with E-state index in [1.54, 1.807) is 39.0 Å². The Balaban J connectivity index is 1.91. The molecule has 124 valence electrons. The Bertz CT molecular complexity index is 697. The number of hydrogen-bond donors (Lipinski definition) is 2. The highest BCUT2D eigenvalue weighted by Gasteiger charge is 2.20. The van der Waals surface area contributed by atoms with Gasteiger partial charge in [-0.3, -0.25) is 0 Å². The molecule has 6 heteroatoms. The lowest BCUT2D eigenvalue weighted by Gasteiger charge is -2.06. The van der Waals surface area contributed by atoms with E-state index in [1.807, 2.05) is 0 Å². The third-order valence-electron chi connectivity index (χ3n) is 3.53. The molecule has 2 aromatic rings. The molecule has 4 nitrogen and oxygen atoms in total. The third kappa shape index (κ3) is 4.14. The molecule has 1 aromatic carbocycles. The number of aliphatic hydroxyl groups is 1. The summed E-state index contributed by atoms with van der Waals surface area (Å²) in [5, 5.41) is 9.74. The van der Waals surface area contributed by atoms with Crippen LogP contribution in [-0.4, -0.2) is 28.4 Å². The molecule has 1 heterocycles. The fourth-order valence-electron chi connectivity index (χ4n) is 2.52. The van der Waals surface area contributed by atoms with Crippen molar-refractivity contribution >= 4 is 17.7 Å². The molecule has 2 rings (SSSR count). The van der Waals surface area contributed by atoms with Gasteiger partial charge in [-0.2, -0.15) is 0 Å². The Labute approximate surface area is 139 Å². The van der Waals surface area contributed by atoms with Crippen molar-refractivity contribution in [1.82, 2.24) is 4.98 Å². The number of ether oxygens (including phenoxy) is 1. The number of halogens is 1. The predicted octanol–water partition coefficient (Wildman–Crippen LogP) is 3.77. The lowest BCUT2D eigenvalue weighted by atomic mass is 10.1. The van der Waals surface area contributed by atoms with Crippen molar-refractivity contribution in [3.63, 3.8) is 0 Å². The van der Waals surface area contributed by atoms with Crippen LogP contribution >= 0.6 is 11.8 Å². The summed E-state index contributed by atoms with van der Waals surface area (Å²) in [5.74, 6) is -0.276. The van der Waals surface area contributed by atoms with Gasteiger partial charge >= 0.3 is 5.97 Å². The number of carbonyl (C=O) groups excluding carboxylic acids is 1. The Morgan fingerprint density at radius 1 is 1.39 bits per heavy atom. The fourth-order valence-corrected chi connectivity index (χ4v) is 3.28. The monoisotopic (exact) mass is 337 g/mol. The Hall–Kier alpha value is -1.79.